The molecular weight excluding hydrogens is 318 g/mol. The van der Waals surface area contributed by atoms with Crippen LogP contribution in [-0.4, -0.2) is 71.1 Å². The second-order valence-corrected chi connectivity index (χ2v) is 6.46. The summed E-state index contributed by atoms with van der Waals surface area (Å²) in [6.07, 6.45) is 5.01. The van der Waals surface area contributed by atoms with Crippen molar-refractivity contribution < 1.29 is 9.53 Å². The predicted molar refractivity (Wildman–Crippen MR) is 93.8 cm³/mol. The number of hydrogen-bond acceptors (Lipinski definition) is 6. The maximum atomic E-state index is 12.9. The van der Waals surface area contributed by atoms with Crippen molar-refractivity contribution in [3.05, 3.63) is 48.4 Å². The van der Waals surface area contributed by atoms with Crippen LogP contribution in [0.4, 0.5) is 11.5 Å². The van der Waals surface area contributed by atoms with E-state index in [9.17, 15) is 4.79 Å². The smallest absolute Gasteiger partial charge is 0.254 e. The third-order valence-corrected chi connectivity index (χ3v) is 4.81. The average Bonchev–Trinajstić information content (AvgIpc) is 3.08. The quantitative estimate of drug-likeness (QED) is 0.911. The van der Waals surface area contributed by atoms with E-state index >= 15 is 0 Å². The number of benzene rings is 1. The number of rotatable bonds is 3. The van der Waals surface area contributed by atoms with Gasteiger partial charge in [-0.25, -0.2) is 4.98 Å². The van der Waals surface area contributed by atoms with Crippen molar-refractivity contribution in [1.82, 2.24) is 19.8 Å². The van der Waals surface area contributed by atoms with Crippen molar-refractivity contribution in [2.75, 3.05) is 38.6 Å². The Morgan fingerprint density at radius 2 is 2.24 bits per heavy atom. The molecule has 0 saturated carbocycles. The number of likely N-dealkylation sites (tertiary alicyclic amines) is 1. The molecule has 0 spiro atoms. The number of carbonyl (C=O) groups is 1. The van der Waals surface area contributed by atoms with Gasteiger partial charge in [0.1, 0.15) is 5.82 Å². The van der Waals surface area contributed by atoms with Gasteiger partial charge >= 0.3 is 0 Å². The number of amides is 1. The second kappa shape index (κ2) is 6.78. The zero-order valence-electron chi connectivity index (χ0n) is 14.1. The van der Waals surface area contributed by atoms with Crippen LogP contribution in [0.2, 0.25) is 0 Å². The lowest BCUT2D eigenvalue weighted by Crippen LogP contribution is -2.48. The first-order chi connectivity index (χ1) is 12.2. The Kier molecular flexibility index (Phi) is 4.33. The van der Waals surface area contributed by atoms with Crippen molar-refractivity contribution in [2.45, 2.75) is 12.1 Å². The van der Waals surface area contributed by atoms with Crippen LogP contribution in [0.25, 0.3) is 0 Å². The van der Waals surface area contributed by atoms with Gasteiger partial charge in [-0.2, -0.15) is 0 Å². The third kappa shape index (κ3) is 3.33. The van der Waals surface area contributed by atoms with E-state index in [1.165, 1.54) is 0 Å². The second-order valence-electron chi connectivity index (χ2n) is 6.46. The molecule has 0 unspecified atom stereocenters. The van der Waals surface area contributed by atoms with E-state index in [0.717, 1.165) is 18.8 Å². The molecule has 0 radical (unpaired) electrons. The zero-order valence-corrected chi connectivity index (χ0v) is 14.1. The average molecular weight is 339 g/mol. The molecule has 2 aliphatic rings. The van der Waals surface area contributed by atoms with Crippen LogP contribution in [0.3, 0.4) is 0 Å². The first-order valence-electron chi connectivity index (χ1n) is 8.45. The monoisotopic (exact) mass is 339 g/mol. The van der Waals surface area contributed by atoms with Crippen LogP contribution in [0.1, 0.15) is 10.4 Å². The maximum Gasteiger partial charge on any atom is 0.254 e. The molecular formula is C18H21N5O2. The number of aromatic nitrogens is 2. The lowest BCUT2D eigenvalue weighted by molar-refractivity contribution is -0.0368. The minimum Gasteiger partial charge on any atom is -0.373 e. The highest BCUT2D eigenvalue weighted by molar-refractivity contribution is 5.95. The summed E-state index contributed by atoms with van der Waals surface area (Å²) in [5.74, 6) is 0.684. The number of fused-ring (bicyclic) bond motifs is 1. The van der Waals surface area contributed by atoms with Gasteiger partial charge in [-0.3, -0.25) is 14.7 Å². The molecule has 130 valence electrons. The van der Waals surface area contributed by atoms with Crippen LogP contribution >= 0.6 is 0 Å². The number of nitrogens with zero attached hydrogens (tertiary/aromatic N) is 4. The molecule has 25 heavy (non-hydrogen) atoms. The van der Waals surface area contributed by atoms with E-state index in [1.54, 1.807) is 18.6 Å². The molecule has 2 saturated heterocycles. The first-order valence-corrected chi connectivity index (χ1v) is 8.45. The largest absolute Gasteiger partial charge is 0.373 e. The number of carbonyl (C=O) groups excluding carboxylic acids is 1. The summed E-state index contributed by atoms with van der Waals surface area (Å²) in [6, 6.07) is 7.77. The van der Waals surface area contributed by atoms with Crippen molar-refractivity contribution in [3.63, 3.8) is 0 Å². The Labute approximate surface area is 146 Å². The highest BCUT2D eigenvalue weighted by Crippen LogP contribution is 2.24. The Bertz CT molecular complexity index is 754. The van der Waals surface area contributed by atoms with E-state index < -0.39 is 0 Å². The predicted octanol–water partition coefficient (Wildman–Crippen LogP) is 1.38. The van der Waals surface area contributed by atoms with Gasteiger partial charge in [0.2, 0.25) is 0 Å². The van der Waals surface area contributed by atoms with Gasteiger partial charge in [-0.05, 0) is 25.2 Å². The summed E-state index contributed by atoms with van der Waals surface area (Å²) in [6.45, 7) is 3.01. The van der Waals surface area contributed by atoms with E-state index in [1.807, 2.05) is 29.2 Å². The summed E-state index contributed by atoms with van der Waals surface area (Å²) in [7, 11) is 2.10. The van der Waals surface area contributed by atoms with Gasteiger partial charge in [-0.15, -0.1) is 0 Å². The highest BCUT2D eigenvalue weighted by Gasteiger charge is 2.40. The Morgan fingerprint density at radius 3 is 3.04 bits per heavy atom. The summed E-state index contributed by atoms with van der Waals surface area (Å²) >= 11 is 0. The first kappa shape index (κ1) is 16.0. The van der Waals surface area contributed by atoms with Crippen LogP contribution < -0.4 is 5.32 Å². The zero-order chi connectivity index (χ0) is 17.2. The molecule has 2 aromatic rings. The van der Waals surface area contributed by atoms with Crippen molar-refractivity contribution >= 4 is 17.4 Å². The third-order valence-electron chi connectivity index (χ3n) is 4.81. The van der Waals surface area contributed by atoms with Crippen LogP contribution in [0.5, 0.6) is 0 Å². The summed E-state index contributed by atoms with van der Waals surface area (Å²) in [4.78, 5) is 25.3. The number of likely N-dealkylation sites (N-methyl/N-ethyl adjacent to an activating group) is 1. The maximum absolute atomic E-state index is 12.9. The fourth-order valence-corrected chi connectivity index (χ4v) is 3.45. The van der Waals surface area contributed by atoms with Crippen molar-refractivity contribution in [3.8, 4) is 0 Å². The lowest BCUT2D eigenvalue weighted by atomic mass is 10.1. The lowest BCUT2D eigenvalue weighted by Gasteiger charge is -2.33. The Morgan fingerprint density at radius 1 is 1.32 bits per heavy atom. The fraction of sp³-hybridized carbons (Fsp3) is 0.389. The van der Waals surface area contributed by atoms with Gasteiger partial charge in [0.05, 0.1) is 24.9 Å². The number of anilines is 2. The molecule has 1 aromatic heterocycles. The van der Waals surface area contributed by atoms with Crippen LogP contribution in [0.15, 0.2) is 42.9 Å². The van der Waals surface area contributed by atoms with Crippen molar-refractivity contribution in [2.24, 2.45) is 0 Å². The van der Waals surface area contributed by atoms with Gasteiger partial charge < -0.3 is 15.0 Å². The minimum absolute atomic E-state index is 0.0363. The summed E-state index contributed by atoms with van der Waals surface area (Å²) < 4.78 is 5.83. The molecule has 0 aliphatic carbocycles. The molecule has 3 heterocycles. The minimum atomic E-state index is 0.0363. The summed E-state index contributed by atoms with van der Waals surface area (Å²) in [5.41, 5.74) is 1.48. The SMILES string of the molecule is CN1CCO[C@@H]2CN(C(=O)c3cccc(Nc4cnccn4)c3)C[C@@H]21. The topological polar surface area (TPSA) is 70.6 Å². The molecule has 1 amide bonds. The Balaban J connectivity index is 1.48. The molecule has 1 N–H and O–H groups in total. The molecule has 2 fully saturated rings. The molecule has 7 nitrogen and oxygen atoms in total. The van der Waals surface area contributed by atoms with Gasteiger partial charge in [0.25, 0.3) is 5.91 Å². The standard InChI is InChI=1S/C18H21N5O2/c1-22-7-8-25-16-12-23(11-15(16)22)18(24)13-3-2-4-14(9-13)21-17-10-19-5-6-20-17/h2-6,9-10,15-16H,7-8,11-12H2,1H3,(H,20,21)/t15-,16+/m0/s1. The van der Waals surface area contributed by atoms with Crippen LogP contribution in [-0.2, 0) is 4.74 Å². The molecule has 1 aromatic carbocycles. The normalized spacial score (nSPS) is 23.3. The fourth-order valence-electron chi connectivity index (χ4n) is 3.45. The molecule has 2 aliphatic heterocycles. The molecule has 0 bridgehead atoms. The molecule has 4 rings (SSSR count). The number of nitrogens with one attached hydrogen (secondary N) is 1. The number of morpholine rings is 1. The van der Waals surface area contributed by atoms with E-state index in [0.29, 0.717) is 30.5 Å². The van der Waals surface area contributed by atoms with E-state index in [2.05, 4.69) is 27.2 Å². The van der Waals surface area contributed by atoms with Crippen molar-refractivity contribution in [1.29, 1.82) is 0 Å². The van der Waals surface area contributed by atoms with E-state index in [-0.39, 0.29) is 12.0 Å². The number of hydrogen-bond donors (Lipinski definition) is 1. The van der Waals surface area contributed by atoms with Crippen LogP contribution in [0, 0.1) is 0 Å². The van der Waals surface area contributed by atoms with Gasteiger partial charge in [0, 0.05) is 43.3 Å². The molecule has 2 atom stereocenters. The van der Waals surface area contributed by atoms with Gasteiger partial charge in [0.15, 0.2) is 0 Å². The summed E-state index contributed by atoms with van der Waals surface area (Å²) in [5, 5.41) is 3.17. The Hall–Kier alpha value is -2.51. The number of ether oxygens (including phenoxy) is 1. The highest BCUT2D eigenvalue weighted by atomic mass is 16.5. The molecule has 7 heteroatoms. The van der Waals surface area contributed by atoms with E-state index in [4.69, 9.17) is 4.74 Å². The van der Waals surface area contributed by atoms with Gasteiger partial charge in [-0.1, -0.05) is 6.07 Å².